The molecule has 4 saturated carbocycles. The lowest BCUT2D eigenvalue weighted by Gasteiger charge is -2.72. The molecule has 6 aliphatic rings. The van der Waals surface area contributed by atoms with Crippen LogP contribution in [0.3, 0.4) is 0 Å². The molecule has 5 nitrogen and oxygen atoms in total. The molecule has 3 N–H and O–H groups in total. The number of allylic oxidation sites excluding steroid dienone is 5. The average Bonchev–Trinajstić information content (AvgIpc) is 3.37. The molecule has 1 unspecified atom stereocenters. The van der Waals surface area contributed by atoms with Crippen molar-refractivity contribution >= 4 is 11.9 Å². The van der Waals surface area contributed by atoms with E-state index < -0.39 is 24.0 Å². The van der Waals surface area contributed by atoms with Crippen LogP contribution in [-0.4, -0.2) is 40.9 Å². The molecular weight excluding hydrogens is 565 g/mol. The predicted octanol–water partition coefficient (Wildman–Crippen LogP) is 8.76. The fourth-order valence-electron chi connectivity index (χ4n) is 13.4. The molecule has 0 aliphatic heterocycles. The quantitative estimate of drug-likeness (QED) is 0.247. The molecule has 6 aliphatic carbocycles. The largest absolute Gasteiger partial charge is 0.481 e. The molecule has 10 atom stereocenters. The van der Waals surface area contributed by atoms with Crippen LogP contribution < -0.4 is 5.32 Å². The second kappa shape index (κ2) is 10.8. The number of rotatable bonds is 7. The first-order valence-electron chi connectivity index (χ1n) is 17.8. The molecule has 0 saturated heterocycles. The van der Waals surface area contributed by atoms with E-state index in [1.165, 1.54) is 42.4 Å². The van der Waals surface area contributed by atoms with Gasteiger partial charge in [-0.15, -0.1) is 0 Å². The molecule has 0 aromatic rings. The first-order valence-corrected chi connectivity index (χ1v) is 17.8. The van der Waals surface area contributed by atoms with Crippen LogP contribution in [0.5, 0.6) is 0 Å². The zero-order valence-electron chi connectivity index (χ0n) is 28.7. The van der Waals surface area contributed by atoms with Gasteiger partial charge >= 0.3 is 11.9 Å². The number of fused-ring (bicyclic) bond motifs is 7. The molecule has 4 fully saturated rings. The van der Waals surface area contributed by atoms with Gasteiger partial charge in [-0.1, -0.05) is 58.9 Å². The SMILES string of the molecule is C=C(C)[C@@H]1CCC2(NCC(=O)O)CC[C@]3(C)[C@H](CC[C@@H]4[C@@]5(C)CC=C(C6=CC[C@](CF)(C(=O)O)CC6)C(C)(C)[C@@H]5CC[C@]43C)[C@@H]12. The van der Waals surface area contributed by atoms with Crippen LogP contribution in [0.2, 0.25) is 0 Å². The number of hydrogen-bond acceptors (Lipinski definition) is 3. The Kier molecular flexibility index (Phi) is 7.90. The fourth-order valence-corrected chi connectivity index (χ4v) is 13.4. The summed E-state index contributed by atoms with van der Waals surface area (Å²) in [5.41, 5.74) is 3.07. The number of aliphatic carboxylic acids is 2. The average molecular weight is 624 g/mol. The first-order chi connectivity index (χ1) is 21.0. The highest BCUT2D eigenvalue weighted by Crippen LogP contribution is 2.76. The standard InChI is InChI=1S/C39H58FNO4/c1-24(2)26-12-19-39(41-22-31(42)43)21-20-36(6)28(32(26)39)8-9-30-35(5)15-13-27(34(3,4)29(35)14-16-37(30,36)7)25-10-17-38(23-40,18-11-25)33(44)45/h10,13,26,28-30,32,41H,1,8-9,11-12,14-23H2,2-7H3,(H,42,43)(H,44,45)/t26-,28+,29-,30+,32+,35-,36+,37+,38-,39?/m0/s1. The lowest BCUT2D eigenvalue weighted by Crippen LogP contribution is -2.68. The Morgan fingerprint density at radius 1 is 0.911 bits per heavy atom. The van der Waals surface area contributed by atoms with Gasteiger partial charge in [0.15, 0.2) is 0 Å². The molecule has 0 radical (unpaired) electrons. The zero-order chi connectivity index (χ0) is 32.8. The first kappa shape index (κ1) is 33.0. The van der Waals surface area contributed by atoms with Crippen LogP contribution in [-0.2, 0) is 9.59 Å². The van der Waals surface area contributed by atoms with Crippen molar-refractivity contribution < 1.29 is 24.2 Å². The molecule has 0 heterocycles. The van der Waals surface area contributed by atoms with Crippen molar-refractivity contribution in [2.45, 2.75) is 124 Å². The third kappa shape index (κ3) is 4.53. The van der Waals surface area contributed by atoms with Gasteiger partial charge in [0.1, 0.15) is 6.67 Å². The molecular formula is C39H58FNO4. The maximum absolute atomic E-state index is 13.9. The molecule has 45 heavy (non-hydrogen) atoms. The Morgan fingerprint density at radius 3 is 2.24 bits per heavy atom. The second-order valence-electron chi connectivity index (χ2n) is 17.8. The van der Waals surface area contributed by atoms with E-state index in [2.05, 4.69) is 65.6 Å². The molecule has 6 rings (SSSR count). The van der Waals surface area contributed by atoms with Gasteiger partial charge in [-0.3, -0.25) is 9.59 Å². The molecule has 250 valence electrons. The number of carboxylic acid groups (broad SMARTS) is 2. The molecule has 0 aromatic carbocycles. The van der Waals surface area contributed by atoms with Crippen LogP contribution in [0.4, 0.5) is 4.39 Å². The van der Waals surface area contributed by atoms with Crippen molar-refractivity contribution in [3.05, 3.63) is 35.5 Å². The summed E-state index contributed by atoms with van der Waals surface area (Å²) in [6, 6.07) is 0. The minimum absolute atomic E-state index is 0.0319. The van der Waals surface area contributed by atoms with Gasteiger partial charge in [0.2, 0.25) is 0 Å². The minimum Gasteiger partial charge on any atom is -0.481 e. The number of alkyl halides is 1. The minimum atomic E-state index is -1.26. The van der Waals surface area contributed by atoms with Gasteiger partial charge in [-0.25, -0.2) is 4.39 Å². The Hall–Kier alpha value is -1.95. The smallest absolute Gasteiger partial charge is 0.317 e. The van der Waals surface area contributed by atoms with Gasteiger partial charge in [-0.05, 0) is 146 Å². The number of hydrogen-bond donors (Lipinski definition) is 3. The molecule has 0 bridgehead atoms. The lowest BCUT2D eigenvalue weighted by atomic mass is 9.33. The number of carboxylic acids is 2. The van der Waals surface area contributed by atoms with Gasteiger partial charge in [0.25, 0.3) is 0 Å². The van der Waals surface area contributed by atoms with Crippen LogP contribution in [0.1, 0.15) is 119 Å². The summed E-state index contributed by atoms with van der Waals surface area (Å²) in [5, 5.41) is 23.0. The Balaban J connectivity index is 1.32. The highest BCUT2D eigenvalue weighted by Gasteiger charge is 2.70. The van der Waals surface area contributed by atoms with E-state index in [1.54, 1.807) is 0 Å². The summed E-state index contributed by atoms with van der Waals surface area (Å²) in [4.78, 5) is 23.6. The third-order valence-electron chi connectivity index (χ3n) is 15.9. The Labute approximate surface area is 270 Å². The van der Waals surface area contributed by atoms with Crippen LogP contribution >= 0.6 is 0 Å². The molecule has 0 spiro atoms. The van der Waals surface area contributed by atoms with Crippen LogP contribution in [0, 0.1) is 56.7 Å². The van der Waals surface area contributed by atoms with Crippen molar-refractivity contribution in [3.63, 3.8) is 0 Å². The van der Waals surface area contributed by atoms with E-state index in [9.17, 15) is 24.2 Å². The van der Waals surface area contributed by atoms with Crippen molar-refractivity contribution in [3.8, 4) is 0 Å². The van der Waals surface area contributed by atoms with Crippen molar-refractivity contribution in [2.75, 3.05) is 13.2 Å². The summed E-state index contributed by atoms with van der Waals surface area (Å²) in [7, 11) is 0. The van der Waals surface area contributed by atoms with E-state index in [0.29, 0.717) is 42.4 Å². The number of nitrogens with one attached hydrogen (secondary N) is 1. The van der Waals surface area contributed by atoms with E-state index >= 15 is 0 Å². The van der Waals surface area contributed by atoms with E-state index in [4.69, 9.17) is 0 Å². The van der Waals surface area contributed by atoms with Crippen LogP contribution in [0.15, 0.2) is 35.5 Å². The van der Waals surface area contributed by atoms with Gasteiger partial charge in [0, 0.05) is 5.54 Å². The Bertz CT molecular complexity index is 1330. The zero-order valence-corrected chi connectivity index (χ0v) is 28.7. The second-order valence-corrected chi connectivity index (χ2v) is 17.8. The Morgan fingerprint density at radius 2 is 1.64 bits per heavy atom. The van der Waals surface area contributed by atoms with Crippen molar-refractivity contribution in [2.24, 2.45) is 56.7 Å². The van der Waals surface area contributed by atoms with Crippen LogP contribution in [0.25, 0.3) is 0 Å². The highest BCUT2D eigenvalue weighted by molar-refractivity contribution is 5.75. The summed E-state index contributed by atoms with van der Waals surface area (Å²) in [5.74, 6) is 0.804. The predicted molar refractivity (Wildman–Crippen MR) is 176 cm³/mol. The molecule has 0 aromatic heterocycles. The highest BCUT2D eigenvalue weighted by atomic mass is 19.1. The maximum Gasteiger partial charge on any atom is 0.317 e. The molecule has 0 amide bonds. The van der Waals surface area contributed by atoms with Gasteiger partial charge in [0.05, 0.1) is 12.0 Å². The summed E-state index contributed by atoms with van der Waals surface area (Å²) in [6.07, 6.45) is 16.1. The fraction of sp³-hybridized carbons (Fsp3) is 0.795. The molecule has 6 heteroatoms. The van der Waals surface area contributed by atoms with E-state index in [-0.39, 0.29) is 40.2 Å². The number of halogens is 1. The summed E-state index contributed by atoms with van der Waals surface area (Å²) < 4.78 is 13.9. The lowest BCUT2D eigenvalue weighted by molar-refractivity contribution is -0.221. The topological polar surface area (TPSA) is 86.6 Å². The van der Waals surface area contributed by atoms with E-state index in [1.807, 2.05) is 0 Å². The normalized spacial score (nSPS) is 46.9. The van der Waals surface area contributed by atoms with Crippen molar-refractivity contribution in [1.82, 2.24) is 5.32 Å². The van der Waals surface area contributed by atoms with E-state index in [0.717, 1.165) is 32.1 Å². The monoisotopic (exact) mass is 623 g/mol. The van der Waals surface area contributed by atoms with Crippen molar-refractivity contribution in [1.29, 1.82) is 0 Å². The maximum atomic E-state index is 13.9. The number of carbonyl (C=O) groups is 2. The van der Waals surface area contributed by atoms with Gasteiger partial charge in [-0.2, -0.15) is 0 Å². The third-order valence-corrected chi connectivity index (χ3v) is 15.9. The summed E-state index contributed by atoms with van der Waals surface area (Å²) in [6.45, 7) is 18.6. The summed E-state index contributed by atoms with van der Waals surface area (Å²) >= 11 is 0. The van der Waals surface area contributed by atoms with Gasteiger partial charge < -0.3 is 15.5 Å².